The molecular formula is C15H17NO2. The molecule has 1 aromatic rings. The predicted octanol–water partition coefficient (Wildman–Crippen LogP) is 2.88. The molecule has 1 atom stereocenters. The van der Waals surface area contributed by atoms with E-state index in [1.807, 2.05) is 13.8 Å². The molecule has 1 aliphatic rings. The van der Waals surface area contributed by atoms with Crippen LogP contribution in [0.3, 0.4) is 0 Å². The van der Waals surface area contributed by atoms with Crippen molar-refractivity contribution in [2.45, 2.75) is 20.3 Å². The van der Waals surface area contributed by atoms with Crippen molar-refractivity contribution in [3.63, 3.8) is 0 Å². The number of ketones is 1. The zero-order valence-electron chi connectivity index (χ0n) is 10.8. The molecule has 18 heavy (non-hydrogen) atoms. The first-order valence-electron chi connectivity index (χ1n) is 6.21. The molecule has 0 spiro atoms. The first kappa shape index (κ1) is 12.6. The molecule has 3 heteroatoms. The number of Topliss-reactive ketones (excluding diaryl/α,β-unsaturated/α-hetero) is 1. The number of carbonyl (C=O) groups excluding carboxylic acids is 2. The van der Waals surface area contributed by atoms with Crippen LogP contribution in [0.15, 0.2) is 36.5 Å². The van der Waals surface area contributed by atoms with Gasteiger partial charge >= 0.3 is 0 Å². The standard InChI is InChI=1S/C15H17NO2/c1-4-9-16-11(3)10(2)14(17)12-7-5-6-8-13(12)15(16)18/h5-8,10H,3-4,9H2,1-2H3. The largest absolute Gasteiger partial charge is 0.312 e. The summed E-state index contributed by atoms with van der Waals surface area (Å²) < 4.78 is 0. The smallest absolute Gasteiger partial charge is 0.258 e. The monoisotopic (exact) mass is 243 g/mol. The van der Waals surface area contributed by atoms with Crippen LogP contribution in [0.5, 0.6) is 0 Å². The van der Waals surface area contributed by atoms with Gasteiger partial charge in [0.2, 0.25) is 0 Å². The van der Waals surface area contributed by atoms with E-state index in [0.29, 0.717) is 23.4 Å². The van der Waals surface area contributed by atoms with Crippen molar-refractivity contribution in [3.8, 4) is 0 Å². The summed E-state index contributed by atoms with van der Waals surface area (Å²) in [6.07, 6.45) is 0.841. The number of benzene rings is 1. The average Bonchev–Trinajstić information content (AvgIpc) is 2.46. The second-order valence-electron chi connectivity index (χ2n) is 4.58. The Balaban J connectivity index is 2.57. The Morgan fingerprint density at radius 2 is 1.83 bits per heavy atom. The minimum Gasteiger partial charge on any atom is -0.312 e. The van der Waals surface area contributed by atoms with Crippen LogP contribution in [-0.4, -0.2) is 23.1 Å². The Morgan fingerprint density at radius 1 is 1.22 bits per heavy atom. The van der Waals surface area contributed by atoms with Gasteiger partial charge in [-0.05, 0) is 19.4 Å². The van der Waals surface area contributed by atoms with E-state index in [4.69, 9.17) is 0 Å². The highest BCUT2D eigenvalue weighted by molar-refractivity contribution is 6.12. The Bertz CT molecular complexity index is 519. The van der Waals surface area contributed by atoms with Gasteiger partial charge in [-0.25, -0.2) is 0 Å². The molecule has 2 rings (SSSR count). The van der Waals surface area contributed by atoms with Gasteiger partial charge in [0.1, 0.15) is 0 Å². The van der Waals surface area contributed by atoms with Gasteiger partial charge in [0.15, 0.2) is 5.78 Å². The van der Waals surface area contributed by atoms with Crippen LogP contribution in [0.2, 0.25) is 0 Å². The van der Waals surface area contributed by atoms with Crippen molar-refractivity contribution in [3.05, 3.63) is 47.7 Å². The summed E-state index contributed by atoms with van der Waals surface area (Å²) in [7, 11) is 0. The summed E-state index contributed by atoms with van der Waals surface area (Å²) in [6.45, 7) is 8.34. The highest BCUT2D eigenvalue weighted by atomic mass is 16.2. The molecule has 3 nitrogen and oxygen atoms in total. The van der Waals surface area contributed by atoms with E-state index in [2.05, 4.69) is 6.58 Å². The van der Waals surface area contributed by atoms with E-state index in [1.54, 1.807) is 29.2 Å². The summed E-state index contributed by atoms with van der Waals surface area (Å²) in [4.78, 5) is 26.4. The predicted molar refractivity (Wildman–Crippen MR) is 70.4 cm³/mol. The van der Waals surface area contributed by atoms with Crippen LogP contribution < -0.4 is 0 Å². The van der Waals surface area contributed by atoms with Crippen molar-refractivity contribution >= 4 is 11.7 Å². The van der Waals surface area contributed by atoms with Crippen molar-refractivity contribution in [1.82, 2.24) is 4.90 Å². The van der Waals surface area contributed by atoms with Gasteiger partial charge in [0.25, 0.3) is 5.91 Å². The van der Waals surface area contributed by atoms with Crippen LogP contribution in [0.1, 0.15) is 41.0 Å². The molecule has 0 radical (unpaired) electrons. The van der Waals surface area contributed by atoms with Crippen LogP contribution in [0, 0.1) is 5.92 Å². The molecule has 0 aliphatic carbocycles. The molecular weight excluding hydrogens is 226 g/mol. The van der Waals surface area contributed by atoms with Crippen molar-refractivity contribution in [2.24, 2.45) is 5.92 Å². The Labute approximate surface area is 107 Å². The highest BCUT2D eigenvalue weighted by Gasteiger charge is 2.33. The Morgan fingerprint density at radius 3 is 2.44 bits per heavy atom. The number of hydrogen-bond acceptors (Lipinski definition) is 2. The zero-order chi connectivity index (χ0) is 13.3. The normalized spacial score (nSPS) is 19.8. The average molecular weight is 243 g/mol. The van der Waals surface area contributed by atoms with Gasteiger partial charge in [-0.15, -0.1) is 0 Å². The lowest BCUT2D eigenvalue weighted by molar-refractivity contribution is 0.0795. The minimum absolute atomic E-state index is 0.0254. The molecule has 1 aromatic carbocycles. The van der Waals surface area contributed by atoms with Gasteiger partial charge in [-0.1, -0.05) is 31.7 Å². The molecule has 0 fully saturated rings. The first-order chi connectivity index (χ1) is 8.57. The maximum Gasteiger partial charge on any atom is 0.258 e. The van der Waals surface area contributed by atoms with Crippen molar-refractivity contribution in [2.75, 3.05) is 6.54 Å². The first-order valence-corrected chi connectivity index (χ1v) is 6.21. The van der Waals surface area contributed by atoms with E-state index < -0.39 is 0 Å². The number of amides is 1. The molecule has 0 aromatic heterocycles. The van der Waals surface area contributed by atoms with Crippen LogP contribution in [-0.2, 0) is 0 Å². The summed E-state index contributed by atoms with van der Waals surface area (Å²) in [5.74, 6) is -0.484. The van der Waals surface area contributed by atoms with Gasteiger partial charge in [-0.2, -0.15) is 0 Å². The topological polar surface area (TPSA) is 37.4 Å². The number of rotatable bonds is 2. The molecule has 0 bridgehead atoms. The lowest BCUT2D eigenvalue weighted by Crippen LogP contribution is -2.32. The fourth-order valence-corrected chi connectivity index (χ4v) is 2.25. The fourth-order valence-electron chi connectivity index (χ4n) is 2.25. The van der Waals surface area contributed by atoms with E-state index in [9.17, 15) is 9.59 Å². The number of hydrogen-bond donors (Lipinski definition) is 0. The van der Waals surface area contributed by atoms with Gasteiger partial charge in [0.05, 0.1) is 11.5 Å². The molecule has 1 aliphatic heterocycles. The maximum atomic E-state index is 12.4. The third-order valence-corrected chi connectivity index (χ3v) is 3.36. The lowest BCUT2D eigenvalue weighted by Gasteiger charge is -2.24. The highest BCUT2D eigenvalue weighted by Crippen LogP contribution is 2.28. The third-order valence-electron chi connectivity index (χ3n) is 3.36. The van der Waals surface area contributed by atoms with Gasteiger partial charge < -0.3 is 4.90 Å². The van der Waals surface area contributed by atoms with Crippen molar-refractivity contribution < 1.29 is 9.59 Å². The summed E-state index contributed by atoms with van der Waals surface area (Å²) in [5.41, 5.74) is 1.60. The maximum absolute atomic E-state index is 12.4. The van der Waals surface area contributed by atoms with Gasteiger partial charge in [-0.3, -0.25) is 9.59 Å². The molecule has 0 saturated carbocycles. The number of carbonyl (C=O) groups is 2. The lowest BCUT2D eigenvalue weighted by atomic mass is 9.95. The molecule has 1 heterocycles. The fraction of sp³-hybridized carbons (Fsp3) is 0.333. The van der Waals surface area contributed by atoms with Crippen LogP contribution >= 0.6 is 0 Å². The summed E-state index contributed by atoms with van der Waals surface area (Å²) in [5, 5.41) is 0. The van der Waals surface area contributed by atoms with Gasteiger partial charge in [0, 0.05) is 17.8 Å². The zero-order valence-corrected chi connectivity index (χ0v) is 10.8. The van der Waals surface area contributed by atoms with E-state index >= 15 is 0 Å². The van der Waals surface area contributed by atoms with E-state index in [-0.39, 0.29) is 17.6 Å². The molecule has 0 saturated heterocycles. The number of fused-ring (bicyclic) bond motifs is 1. The summed E-state index contributed by atoms with van der Waals surface area (Å²) in [6, 6.07) is 7.00. The Kier molecular flexibility index (Phi) is 3.32. The van der Waals surface area contributed by atoms with Crippen LogP contribution in [0.4, 0.5) is 0 Å². The van der Waals surface area contributed by atoms with E-state index in [0.717, 1.165) is 6.42 Å². The minimum atomic E-state index is -0.343. The molecule has 1 unspecified atom stereocenters. The third kappa shape index (κ3) is 1.86. The second-order valence-corrected chi connectivity index (χ2v) is 4.58. The molecule has 1 amide bonds. The molecule has 94 valence electrons. The number of allylic oxidation sites excluding steroid dienone is 1. The molecule has 0 N–H and O–H groups in total. The van der Waals surface area contributed by atoms with E-state index in [1.165, 1.54) is 0 Å². The van der Waals surface area contributed by atoms with Crippen molar-refractivity contribution in [1.29, 1.82) is 0 Å². The van der Waals surface area contributed by atoms with Crippen LogP contribution in [0.25, 0.3) is 0 Å². The Hall–Kier alpha value is -1.90. The summed E-state index contributed by atoms with van der Waals surface area (Å²) >= 11 is 0. The second kappa shape index (κ2) is 4.77. The quantitative estimate of drug-likeness (QED) is 0.801. The number of nitrogens with zero attached hydrogens (tertiary/aromatic N) is 1. The SMILES string of the molecule is C=C1C(C)C(=O)c2ccccc2C(=O)N1CCC.